The fourth-order valence-corrected chi connectivity index (χ4v) is 2.74. The lowest BCUT2D eigenvalue weighted by Crippen LogP contribution is -2.36. The topological polar surface area (TPSA) is 70.2 Å². The van der Waals surface area contributed by atoms with E-state index >= 15 is 0 Å². The quantitative estimate of drug-likeness (QED) is 0.710. The van der Waals surface area contributed by atoms with Crippen molar-refractivity contribution in [2.75, 3.05) is 5.32 Å². The first-order chi connectivity index (χ1) is 12.5. The molecule has 0 spiro atoms. The molecule has 1 atom stereocenters. The smallest absolute Gasteiger partial charge is 0.315 e. The van der Waals surface area contributed by atoms with Gasteiger partial charge in [0.25, 0.3) is 0 Å². The number of hydrogen-bond donors (Lipinski definition) is 3. The van der Waals surface area contributed by atoms with Gasteiger partial charge in [-0.15, -0.1) is 0 Å². The van der Waals surface area contributed by atoms with E-state index in [0.717, 1.165) is 29.7 Å². The molecule has 0 radical (unpaired) electrons. The summed E-state index contributed by atoms with van der Waals surface area (Å²) in [6.45, 7) is 2.29. The Hall–Kier alpha value is -2.53. The zero-order chi connectivity index (χ0) is 18.5. The third-order valence-electron chi connectivity index (χ3n) is 4.31. The maximum Gasteiger partial charge on any atom is 0.315 e. The van der Waals surface area contributed by atoms with Crippen LogP contribution in [0.5, 0.6) is 0 Å². The summed E-state index contributed by atoms with van der Waals surface area (Å²) in [6, 6.07) is 14.5. The van der Waals surface area contributed by atoms with Crippen LogP contribution in [0.1, 0.15) is 36.9 Å². The monoisotopic (exact) mass is 371 g/mol. The Morgan fingerprint density at radius 3 is 2.58 bits per heavy atom. The van der Waals surface area contributed by atoms with Crippen molar-refractivity contribution in [3.05, 3.63) is 64.7 Å². The third-order valence-corrected chi connectivity index (χ3v) is 4.57. The number of nitrogens with one attached hydrogen (secondary N) is 3. The molecule has 6 heteroatoms. The number of benzene rings is 2. The molecule has 136 valence electrons. The highest BCUT2D eigenvalue weighted by Gasteiger charge is 2.29. The highest BCUT2D eigenvalue weighted by atomic mass is 35.5. The molecule has 1 fully saturated rings. The molecular formula is C20H22ClN3O2. The molecule has 2 aromatic carbocycles. The molecule has 3 rings (SSSR count). The second-order valence-electron chi connectivity index (χ2n) is 6.56. The maximum atomic E-state index is 12.1. The van der Waals surface area contributed by atoms with Gasteiger partial charge in [-0.3, -0.25) is 4.79 Å². The molecule has 0 saturated heterocycles. The maximum absolute atomic E-state index is 12.1. The highest BCUT2D eigenvalue weighted by Crippen LogP contribution is 2.30. The Morgan fingerprint density at radius 1 is 1.15 bits per heavy atom. The average Bonchev–Trinajstić information content (AvgIpc) is 3.46. The predicted molar refractivity (Wildman–Crippen MR) is 103 cm³/mol. The number of halogens is 1. The van der Waals surface area contributed by atoms with Crippen LogP contribution in [-0.2, 0) is 11.3 Å². The molecule has 3 amide bonds. The van der Waals surface area contributed by atoms with Crippen molar-refractivity contribution < 1.29 is 9.59 Å². The Labute approximate surface area is 158 Å². The van der Waals surface area contributed by atoms with E-state index in [9.17, 15) is 9.59 Å². The zero-order valence-corrected chi connectivity index (χ0v) is 15.3. The normalized spacial score (nSPS) is 14.4. The van der Waals surface area contributed by atoms with Crippen molar-refractivity contribution in [3.8, 4) is 0 Å². The van der Waals surface area contributed by atoms with E-state index in [1.54, 1.807) is 12.1 Å². The first-order valence-corrected chi connectivity index (χ1v) is 9.08. The number of carbonyl (C=O) groups excluding carboxylic acids is 2. The highest BCUT2D eigenvalue weighted by molar-refractivity contribution is 6.30. The summed E-state index contributed by atoms with van der Waals surface area (Å²) in [4.78, 5) is 23.9. The summed E-state index contributed by atoms with van der Waals surface area (Å²) in [6.07, 6.45) is 1.94. The number of urea groups is 1. The summed E-state index contributed by atoms with van der Waals surface area (Å²) in [5.74, 6) is 0.238. The molecule has 0 aliphatic heterocycles. The minimum atomic E-state index is -0.250. The Kier molecular flexibility index (Phi) is 5.78. The first-order valence-electron chi connectivity index (χ1n) is 8.71. The van der Waals surface area contributed by atoms with Gasteiger partial charge in [-0.05, 0) is 55.2 Å². The lowest BCUT2D eigenvalue weighted by atomic mass is 10.1. The fourth-order valence-electron chi connectivity index (χ4n) is 2.61. The van der Waals surface area contributed by atoms with E-state index in [4.69, 9.17) is 11.6 Å². The largest absolute Gasteiger partial charge is 0.334 e. The predicted octanol–water partition coefficient (Wildman–Crippen LogP) is 4.25. The lowest BCUT2D eigenvalue weighted by Gasteiger charge is -2.15. The fraction of sp³-hybridized carbons (Fsp3) is 0.300. The molecule has 0 bridgehead atoms. The van der Waals surface area contributed by atoms with Crippen molar-refractivity contribution >= 4 is 29.2 Å². The van der Waals surface area contributed by atoms with E-state index in [0.29, 0.717) is 11.6 Å². The molecule has 1 aliphatic carbocycles. The van der Waals surface area contributed by atoms with Gasteiger partial charge in [-0.1, -0.05) is 35.9 Å². The van der Waals surface area contributed by atoms with Gasteiger partial charge in [-0.25, -0.2) is 4.79 Å². The average molecular weight is 372 g/mol. The molecule has 0 heterocycles. The van der Waals surface area contributed by atoms with Gasteiger partial charge in [0.2, 0.25) is 5.91 Å². The second kappa shape index (κ2) is 8.23. The van der Waals surface area contributed by atoms with Gasteiger partial charge in [0.15, 0.2) is 0 Å². The number of carbonyl (C=O) groups is 2. The molecule has 0 unspecified atom stereocenters. The van der Waals surface area contributed by atoms with Crippen LogP contribution in [0.15, 0.2) is 48.5 Å². The lowest BCUT2D eigenvalue weighted by molar-refractivity contribution is -0.117. The minimum Gasteiger partial charge on any atom is -0.334 e. The van der Waals surface area contributed by atoms with Crippen LogP contribution in [0, 0.1) is 5.92 Å². The van der Waals surface area contributed by atoms with Crippen LogP contribution in [0.25, 0.3) is 0 Å². The molecule has 3 N–H and O–H groups in total. The number of anilines is 1. The first kappa shape index (κ1) is 18.3. The van der Waals surface area contributed by atoms with Crippen molar-refractivity contribution in [2.24, 2.45) is 5.92 Å². The summed E-state index contributed by atoms with van der Waals surface area (Å²) in [5.41, 5.74) is 2.67. The summed E-state index contributed by atoms with van der Waals surface area (Å²) >= 11 is 5.88. The Bertz CT molecular complexity index is 788. The summed E-state index contributed by atoms with van der Waals surface area (Å²) in [7, 11) is 0. The molecule has 2 aromatic rings. The number of amides is 3. The Morgan fingerprint density at radius 2 is 1.88 bits per heavy atom. The summed E-state index contributed by atoms with van der Waals surface area (Å²) in [5, 5.41) is 9.31. The van der Waals surface area contributed by atoms with Gasteiger partial charge in [0, 0.05) is 23.2 Å². The van der Waals surface area contributed by atoms with Crippen molar-refractivity contribution in [1.82, 2.24) is 10.6 Å². The van der Waals surface area contributed by atoms with Crippen molar-refractivity contribution in [2.45, 2.75) is 32.4 Å². The zero-order valence-electron chi connectivity index (χ0n) is 14.6. The van der Waals surface area contributed by atoms with Crippen LogP contribution in [0.3, 0.4) is 0 Å². The van der Waals surface area contributed by atoms with E-state index in [2.05, 4.69) is 16.0 Å². The SMILES string of the molecule is C[C@H](NC(=O)NCc1cccc(NC(=O)C2CC2)c1)c1ccc(Cl)cc1. The van der Waals surface area contributed by atoms with Gasteiger partial charge < -0.3 is 16.0 Å². The molecular weight excluding hydrogens is 350 g/mol. The van der Waals surface area contributed by atoms with E-state index in [1.165, 1.54) is 0 Å². The van der Waals surface area contributed by atoms with Gasteiger partial charge >= 0.3 is 6.03 Å². The van der Waals surface area contributed by atoms with Crippen LogP contribution >= 0.6 is 11.6 Å². The minimum absolute atomic E-state index is 0.0737. The van der Waals surface area contributed by atoms with Crippen LogP contribution in [0.2, 0.25) is 5.02 Å². The van der Waals surface area contributed by atoms with E-state index in [-0.39, 0.29) is 23.9 Å². The van der Waals surface area contributed by atoms with Gasteiger partial charge in [0.1, 0.15) is 0 Å². The molecule has 1 aliphatic rings. The summed E-state index contributed by atoms with van der Waals surface area (Å²) < 4.78 is 0. The Balaban J connectivity index is 1.49. The molecule has 26 heavy (non-hydrogen) atoms. The van der Waals surface area contributed by atoms with Crippen LogP contribution in [0.4, 0.5) is 10.5 Å². The molecule has 5 nitrogen and oxygen atoms in total. The molecule has 1 saturated carbocycles. The number of hydrogen-bond acceptors (Lipinski definition) is 2. The van der Waals surface area contributed by atoms with E-state index < -0.39 is 0 Å². The van der Waals surface area contributed by atoms with Gasteiger partial charge in [-0.2, -0.15) is 0 Å². The van der Waals surface area contributed by atoms with Gasteiger partial charge in [0.05, 0.1) is 6.04 Å². The standard InChI is InChI=1S/C20H22ClN3O2/c1-13(15-7-9-17(21)10-8-15)23-20(26)22-12-14-3-2-4-18(11-14)24-19(25)16-5-6-16/h2-4,7-11,13,16H,5-6,12H2,1H3,(H,24,25)(H2,22,23,26)/t13-/m0/s1. The molecule has 0 aromatic heterocycles. The van der Waals surface area contributed by atoms with Crippen molar-refractivity contribution in [3.63, 3.8) is 0 Å². The van der Waals surface area contributed by atoms with Crippen LogP contribution in [-0.4, -0.2) is 11.9 Å². The van der Waals surface area contributed by atoms with Crippen LogP contribution < -0.4 is 16.0 Å². The van der Waals surface area contributed by atoms with E-state index in [1.807, 2.05) is 43.3 Å². The van der Waals surface area contributed by atoms with Crippen molar-refractivity contribution in [1.29, 1.82) is 0 Å². The number of rotatable bonds is 6. The third kappa shape index (κ3) is 5.23. The second-order valence-corrected chi connectivity index (χ2v) is 7.00.